The molecular weight excluding hydrogens is 520 g/mol. The Balaban J connectivity index is 0.000000161. The van der Waals surface area contributed by atoms with Crippen molar-refractivity contribution in [2.75, 3.05) is 28.6 Å². The molecule has 2 saturated heterocycles. The molecule has 2 aliphatic rings. The van der Waals surface area contributed by atoms with Crippen LogP contribution in [0.3, 0.4) is 0 Å². The summed E-state index contributed by atoms with van der Waals surface area (Å²) in [6, 6.07) is 9.07. The summed E-state index contributed by atoms with van der Waals surface area (Å²) >= 11 is 5.38. The van der Waals surface area contributed by atoms with Crippen molar-refractivity contribution in [1.29, 1.82) is 0 Å². The van der Waals surface area contributed by atoms with Crippen molar-refractivity contribution in [2.24, 2.45) is 0 Å². The summed E-state index contributed by atoms with van der Waals surface area (Å²) in [5.41, 5.74) is 6.00. The number of carbonyl (C=O) groups is 2. The van der Waals surface area contributed by atoms with Crippen LogP contribution in [0.1, 0.15) is 25.7 Å². The van der Waals surface area contributed by atoms with Gasteiger partial charge in [-0.3, -0.25) is 39.6 Å². The quantitative estimate of drug-likeness (QED) is 0.289. The van der Waals surface area contributed by atoms with Gasteiger partial charge in [-0.1, -0.05) is 11.6 Å². The van der Waals surface area contributed by atoms with Gasteiger partial charge in [-0.25, -0.2) is 15.0 Å². The highest BCUT2D eigenvalue weighted by Crippen LogP contribution is 2.21. The van der Waals surface area contributed by atoms with Crippen LogP contribution < -0.4 is 15.5 Å². The van der Waals surface area contributed by atoms with E-state index in [1.54, 1.807) is 28.1 Å². The van der Waals surface area contributed by atoms with Crippen molar-refractivity contribution in [2.45, 2.75) is 25.7 Å². The van der Waals surface area contributed by atoms with Gasteiger partial charge in [0.1, 0.15) is 29.2 Å². The van der Waals surface area contributed by atoms with Gasteiger partial charge in [-0.2, -0.15) is 0 Å². The second-order valence-electron chi connectivity index (χ2n) is 7.98. The van der Waals surface area contributed by atoms with Crippen LogP contribution in [0.4, 0.5) is 28.7 Å². The first-order valence-corrected chi connectivity index (χ1v) is 11.7. The van der Waals surface area contributed by atoms with Crippen molar-refractivity contribution in [1.82, 2.24) is 15.0 Å². The Morgan fingerprint density at radius 2 is 1.21 bits per heavy atom. The molecule has 2 aliphatic heterocycles. The number of hydrogen-bond acceptors (Lipinski definition) is 10. The molecule has 5 rings (SSSR count). The van der Waals surface area contributed by atoms with E-state index in [0.29, 0.717) is 36.7 Å². The molecule has 0 spiro atoms. The van der Waals surface area contributed by atoms with Crippen LogP contribution in [-0.4, -0.2) is 49.7 Å². The van der Waals surface area contributed by atoms with E-state index in [4.69, 9.17) is 17.3 Å². The largest absolute Gasteiger partial charge is 0.397 e. The lowest BCUT2D eigenvalue weighted by molar-refractivity contribution is -0.385. The number of anilines is 3. The van der Waals surface area contributed by atoms with E-state index >= 15 is 0 Å². The Morgan fingerprint density at radius 3 is 1.55 bits per heavy atom. The lowest BCUT2D eigenvalue weighted by Gasteiger charge is -2.13. The molecule has 0 aliphatic carbocycles. The van der Waals surface area contributed by atoms with E-state index in [0.717, 1.165) is 25.6 Å². The van der Waals surface area contributed by atoms with Gasteiger partial charge in [0.15, 0.2) is 0 Å². The Labute approximate surface area is 221 Å². The summed E-state index contributed by atoms with van der Waals surface area (Å²) in [4.78, 5) is 56.8. The highest BCUT2D eigenvalue weighted by atomic mass is 35.5. The molecule has 0 saturated carbocycles. The van der Waals surface area contributed by atoms with Gasteiger partial charge in [0, 0.05) is 38.1 Å². The monoisotopic (exact) mass is 542 g/mol. The van der Waals surface area contributed by atoms with Gasteiger partial charge >= 0.3 is 0 Å². The summed E-state index contributed by atoms with van der Waals surface area (Å²) < 4.78 is 0. The van der Waals surface area contributed by atoms with E-state index in [-0.39, 0.29) is 28.3 Å². The van der Waals surface area contributed by atoms with Crippen molar-refractivity contribution >= 4 is 52.1 Å². The van der Waals surface area contributed by atoms with Crippen LogP contribution in [0.25, 0.3) is 0 Å². The first-order chi connectivity index (χ1) is 18.2. The Kier molecular flexibility index (Phi) is 9.54. The average Bonchev–Trinajstić information content (AvgIpc) is 3.53. The van der Waals surface area contributed by atoms with Gasteiger partial charge in [0.05, 0.1) is 21.7 Å². The normalized spacial score (nSPS) is 14.3. The highest BCUT2D eigenvalue weighted by molar-refractivity contribution is 6.29. The number of nitrogen functional groups attached to an aromatic ring is 1. The predicted molar refractivity (Wildman–Crippen MR) is 139 cm³/mol. The maximum atomic E-state index is 11.3. The maximum absolute atomic E-state index is 11.3. The summed E-state index contributed by atoms with van der Waals surface area (Å²) in [6.07, 6.45) is 6.75. The van der Waals surface area contributed by atoms with E-state index < -0.39 is 9.85 Å². The molecule has 198 valence electrons. The van der Waals surface area contributed by atoms with Gasteiger partial charge in [-0.05, 0) is 37.1 Å². The predicted octanol–water partition coefficient (Wildman–Crippen LogP) is 3.55. The van der Waals surface area contributed by atoms with Crippen LogP contribution in [0, 0.1) is 20.2 Å². The van der Waals surface area contributed by atoms with Gasteiger partial charge in [0.2, 0.25) is 11.8 Å². The molecule has 2 N–H and O–H groups in total. The molecule has 0 radical (unpaired) electrons. The third kappa shape index (κ3) is 7.64. The molecular formula is C23H23ClN8O6. The fourth-order valence-corrected chi connectivity index (χ4v) is 3.57. The van der Waals surface area contributed by atoms with Crippen LogP contribution in [0.15, 0.2) is 55.0 Å². The minimum atomic E-state index is -0.524. The van der Waals surface area contributed by atoms with Crippen molar-refractivity contribution in [3.8, 4) is 0 Å². The molecule has 5 heterocycles. The molecule has 0 aromatic carbocycles. The van der Waals surface area contributed by atoms with Crippen LogP contribution in [-0.2, 0) is 9.59 Å². The zero-order chi connectivity index (χ0) is 27.7. The molecule has 2 fully saturated rings. The highest BCUT2D eigenvalue weighted by Gasteiger charge is 2.23. The number of nitro groups is 2. The number of pyridine rings is 3. The van der Waals surface area contributed by atoms with Gasteiger partial charge in [0.25, 0.3) is 11.4 Å². The van der Waals surface area contributed by atoms with E-state index in [2.05, 4.69) is 15.0 Å². The molecule has 14 nitrogen and oxygen atoms in total. The first kappa shape index (κ1) is 27.9. The minimum Gasteiger partial charge on any atom is -0.397 e. The fraction of sp³-hybridized carbons (Fsp3) is 0.261. The van der Waals surface area contributed by atoms with Crippen molar-refractivity contribution in [3.05, 3.63) is 80.4 Å². The number of hydrogen-bond donors (Lipinski definition) is 1. The minimum absolute atomic E-state index is 0.0244. The number of amides is 2. The molecule has 2 amide bonds. The number of rotatable bonds is 4. The van der Waals surface area contributed by atoms with Crippen LogP contribution in [0.2, 0.25) is 5.15 Å². The second-order valence-corrected chi connectivity index (χ2v) is 8.36. The zero-order valence-corrected chi connectivity index (χ0v) is 20.7. The molecule has 3 aromatic rings. The molecule has 0 bridgehead atoms. The molecule has 0 atom stereocenters. The van der Waals surface area contributed by atoms with Crippen molar-refractivity contribution < 1.29 is 19.4 Å². The summed E-state index contributed by atoms with van der Waals surface area (Å²) in [5, 5.41) is 20.7. The van der Waals surface area contributed by atoms with Gasteiger partial charge in [-0.15, -0.1) is 0 Å². The van der Waals surface area contributed by atoms with Gasteiger partial charge < -0.3 is 5.73 Å². The smallest absolute Gasteiger partial charge is 0.287 e. The zero-order valence-electron chi connectivity index (χ0n) is 20.0. The standard InChI is InChI=1S/C9H9N3O3.C9H11N3O.C5H3ClN2O2/c13-9-2-1-5-11(9)8-4-3-7(6-10-8)12(14)15;10-7-3-4-8(11-6-7)12-5-1-2-9(12)13;6-5-2-1-4(3-7-5)8(9)10/h3-4,6H,1-2,5H2;3-4,6H,1-2,5,10H2;1-3H. The first-order valence-electron chi connectivity index (χ1n) is 11.3. The average molecular weight is 543 g/mol. The Morgan fingerprint density at radius 1 is 0.737 bits per heavy atom. The van der Waals surface area contributed by atoms with Crippen LogP contribution >= 0.6 is 11.6 Å². The number of aromatic nitrogens is 3. The number of halogens is 1. The summed E-state index contributed by atoms with van der Waals surface area (Å²) in [6.45, 7) is 1.42. The van der Waals surface area contributed by atoms with E-state index in [1.807, 2.05) is 0 Å². The molecule has 15 heteroatoms. The second kappa shape index (κ2) is 13.0. The molecule has 38 heavy (non-hydrogen) atoms. The number of nitrogens with two attached hydrogens (primary N) is 1. The van der Waals surface area contributed by atoms with E-state index in [1.165, 1.54) is 30.5 Å². The lowest BCUT2D eigenvalue weighted by Crippen LogP contribution is -2.24. The van der Waals surface area contributed by atoms with Crippen molar-refractivity contribution in [3.63, 3.8) is 0 Å². The van der Waals surface area contributed by atoms with Crippen LogP contribution in [0.5, 0.6) is 0 Å². The maximum Gasteiger partial charge on any atom is 0.287 e. The third-order valence-corrected chi connectivity index (χ3v) is 5.56. The fourth-order valence-electron chi connectivity index (χ4n) is 3.46. The number of carbonyl (C=O) groups excluding carboxylic acids is 2. The third-order valence-electron chi connectivity index (χ3n) is 5.34. The molecule has 3 aromatic heterocycles. The topological polar surface area (TPSA) is 192 Å². The SMILES string of the molecule is Nc1ccc(N2CCCC2=O)nc1.O=C1CCCN1c1ccc([N+](=O)[O-])cn1.O=[N+]([O-])c1ccc(Cl)nc1. The Hall–Kier alpha value is -4.72. The molecule has 0 unspecified atom stereocenters. The van der Waals surface area contributed by atoms with E-state index in [9.17, 15) is 29.8 Å². The lowest BCUT2D eigenvalue weighted by atomic mass is 10.4. The summed E-state index contributed by atoms with van der Waals surface area (Å²) in [7, 11) is 0. The summed E-state index contributed by atoms with van der Waals surface area (Å²) in [5.74, 6) is 1.37. The number of nitrogens with zero attached hydrogens (tertiary/aromatic N) is 7. The Bertz CT molecular complexity index is 1290.